The zero-order chi connectivity index (χ0) is 10.8. The number of hydrogen-bond acceptors (Lipinski definition) is 4. The minimum Gasteiger partial charge on any atom is -0.236 e. The zero-order valence-electron chi connectivity index (χ0n) is 8.93. The first kappa shape index (κ1) is 10.2. The lowest BCUT2D eigenvalue weighted by atomic mass is 10.0. The Morgan fingerprint density at radius 1 is 0.750 bits per heavy atom. The molecule has 4 nitrogen and oxygen atoms in total. The summed E-state index contributed by atoms with van der Waals surface area (Å²) in [6.07, 6.45) is 2.00. The number of hydrogen-bond donors (Lipinski definition) is 0. The van der Waals surface area contributed by atoms with Gasteiger partial charge < -0.3 is 0 Å². The molecule has 0 saturated carbocycles. The first-order chi connectivity index (χ1) is 7.93. The predicted octanol–water partition coefficient (Wildman–Crippen LogP) is 2.47. The van der Waals surface area contributed by atoms with E-state index < -0.39 is 0 Å². The van der Waals surface area contributed by atoms with E-state index in [4.69, 9.17) is 19.6 Å². The average Bonchev–Trinajstić information content (AvgIpc) is 3.03. The summed E-state index contributed by atoms with van der Waals surface area (Å²) in [5, 5.41) is 0. The topological polar surface area (TPSA) is 36.9 Å². The SMILES string of the molecule is c1cc(C2CCOO2)ccc1C1CCOO1. The molecule has 2 atom stereocenters. The second-order valence-corrected chi connectivity index (χ2v) is 4.06. The van der Waals surface area contributed by atoms with Crippen LogP contribution in [-0.4, -0.2) is 13.2 Å². The van der Waals surface area contributed by atoms with E-state index in [0.717, 1.165) is 24.0 Å². The van der Waals surface area contributed by atoms with Crippen molar-refractivity contribution < 1.29 is 19.6 Å². The van der Waals surface area contributed by atoms with Crippen molar-refractivity contribution in [2.45, 2.75) is 25.0 Å². The standard InChI is InChI=1S/C12H14O4/c1-2-10(12-6-8-14-16-12)4-3-9(1)11-5-7-13-15-11/h1-4,11-12H,5-8H2. The molecule has 0 spiro atoms. The van der Waals surface area contributed by atoms with Gasteiger partial charge in [-0.25, -0.2) is 19.6 Å². The van der Waals surface area contributed by atoms with Crippen molar-refractivity contribution in [1.29, 1.82) is 0 Å². The molecular weight excluding hydrogens is 208 g/mol. The first-order valence-electron chi connectivity index (χ1n) is 5.60. The van der Waals surface area contributed by atoms with Crippen molar-refractivity contribution in [3.8, 4) is 0 Å². The molecule has 2 heterocycles. The second-order valence-electron chi connectivity index (χ2n) is 4.06. The van der Waals surface area contributed by atoms with Gasteiger partial charge in [0.05, 0.1) is 13.2 Å². The fourth-order valence-corrected chi connectivity index (χ4v) is 2.04. The summed E-state index contributed by atoms with van der Waals surface area (Å²) < 4.78 is 0. The number of rotatable bonds is 2. The highest BCUT2D eigenvalue weighted by Gasteiger charge is 2.22. The van der Waals surface area contributed by atoms with E-state index in [1.54, 1.807) is 0 Å². The molecule has 1 aromatic rings. The molecule has 0 bridgehead atoms. The normalized spacial score (nSPS) is 29.8. The molecule has 16 heavy (non-hydrogen) atoms. The third-order valence-corrected chi connectivity index (χ3v) is 2.98. The molecule has 2 saturated heterocycles. The molecular formula is C12H14O4. The van der Waals surface area contributed by atoms with Crippen molar-refractivity contribution in [2.75, 3.05) is 13.2 Å². The van der Waals surface area contributed by atoms with Crippen LogP contribution in [0.1, 0.15) is 36.2 Å². The summed E-state index contributed by atoms with van der Waals surface area (Å²) >= 11 is 0. The van der Waals surface area contributed by atoms with Crippen molar-refractivity contribution in [2.24, 2.45) is 0 Å². The van der Waals surface area contributed by atoms with Gasteiger partial charge in [0.25, 0.3) is 0 Å². The van der Waals surface area contributed by atoms with Crippen LogP contribution in [0.3, 0.4) is 0 Å². The highest BCUT2D eigenvalue weighted by atomic mass is 17.2. The van der Waals surface area contributed by atoms with Crippen LogP contribution in [0.25, 0.3) is 0 Å². The maximum Gasteiger partial charge on any atom is 0.120 e. The molecule has 2 aliphatic heterocycles. The third kappa shape index (κ3) is 1.97. The van der Waals surface area contributed by atoms with E-state index in [2.05, 4.69) is 24.3 Å². The van der Waals surface area contributed by atoms with E-state index in [1.807, 2.05) is 0 Å². The van der Waals surface area contributed by atoms with Crippen molar-refractivity contribution in [1.82, 2.24) is 0 Å². The molecule has 1 aromatic carbocycles. The van der Waals surface area contributed by atoms with Crippen LogP contribution in [0.5, 0.6) is 0 Å². The summed E-state index contributed by atoms with van der Waals surface area (Å²) in [4.78, 5) is 20.1. The van der Waals surface area contributed by atoms with Crippen LogP contribution in [0.15, 0.2) is 24.3 Å². The Hall–Kier alpha value is -0.940. The van der Waals surface area contributed by atoms with E-state index in [-0.39, 0.29) is 12.2 Å². The molecule has 3 rings (SSSR count). The zero-order valence-corrected chi connectivity index (χ0v) is 8.93. The third-order valence-electron chi connectivity index (χ3n) is 2.98. The lowest BCUT2D eigenvalue weighted by Gasteiger charge is -2.10. The molecule has 0 N–H and O–H groups in total. The molecule has 86 valence electrons. The maximum atomic E-state index is 5.15. The van der Waals surface area contributed by atoms with E-state index >= 15 is 0 Å². The second kappa shape index (κ2) is 4.51. The quantitative estimate of drug-likeness (QED) is 0.720. The summed E-state index contributed by atoms with van der Waals surface area (Å²) in [5.41, 5.74) is 2.31. The van der Waals surface area contributed by atoms with Crippen LogP contribution < -0.4 is 0 Å². The van der Waals surface area contributed by atoms with E-state index in [9.17, 15) is 0 Å². The maximum absolute atomic E-state index is 5.15. The van der Waals surface area contributed by atoms with Crippen molar-refractivity contribution >= 4 is 0 Å². The molecule has 2 unspecified atom stereocenters. The highest BCUT2D eigenvalue weighted by molar-refractivity contribution is 5.26. The van der Waals surface area contributed by atoms with Gasteiger partial charge >= 0.3 is 0 Å². The Bertz CT molecular complexity index is 302. The summed E-state index contributed by atoms with van der Waals surface area (Å²) in [6, 6.07) is 8.26. The smallest absolute Gasteiger partial charge is 0.120 e. The minimum absolute atomic E-state index is 0.0785. The van der Waals surface area contributed by atoms with E-state index in [0.29, 0.717) is 13.2 Å². The molecule has 0 aromatic heterocycles. The summed E-state index contributed by atoms with van der Waals surface area (Å²) in [6.45, 7) is 1.35. The van der Waals surface area contributed by atoms with Gasteiger partial charge in [-0.2, -0.15) is 0 Å². The Labute approximate surface area is 93.9 Å². The van der Waals surface area contributed by atoms with Gasteiger partial charge in [0.15, 0.2) is 0 Å². The molecule has 2 aliphatic rings. The van der Waals surface area contributed by atoms with Crippen LogP contribution in [0.4, 0.5) is 0 Å². The lowest BCUT2D eigenvalue weighted by molar-refractivity contribution is -0.277. The molecule has 2 fully saturated rings. The van der Waals surface area contributed by atoms with Crippen LogP contribution >= 0.6 is 0 Å². The Balaban J connectivity index is 1.73. The molecule has 4 heteroatoms. The fraction of sp³-hybridized carbons (Fsp3) is 0.500. The average molecular weight is 222 g/mol. The Morgan fingerprint density at radius 2 is 1.19 bits per heavy atom. The van der Waals surface area contributed by atoms with Crippen molar-refractivity contribution in [3.63, 3.8) is 0 Å². The van der Waals surface area contributed by atoms with Gasteiger partial charge in [0.2, 0.25) is 0 Å². The van der Waals surface area contributed by atoms with Crippen LogP contribution in [0.2, 0.25) is 0 Å². The summed E-state index contributed by atoms with van der Waals surface area (Å²) in [7, 11) is 0. The van der Waals surface area contributed by atoms with E-state index in [1.165, 1.54) is 0 Å². The Morgan fingerprint density at radius 3 is 1.50 bits per heavy atom. The highest BCUT2D eigenvalue weighted by Crippen LogP contribution is 2.30. The van der Waals surface area contributed by atoms with Gasteiger partial charge in [0, 0.05) is 12.8 Å². The Kier molecular flexibility index (Phi) is 2.88. The van der Waals surface area contributed by atoms with Gasteiger partial charge in [-0.15, -0.1) is 0 Å². The minimum atomic E-state index is 0.0785. The fourth-order valence-electron chi connectivity index (χ4n) is 2.04. The largest absolute Gasteiger partial charge is 0.236 e. The summed E-state index contributed by atoms with van der Waals surface area (Å²) in [5.74, 6) is 0. The van der Waals surface area contributed by atoms with Gasteiger partial charge in [-0.3, -0.25) is 0 Å². The predicted molar refractivity (Wildman–Crippen MR) is 55.2 cm³/mol. The molecule has 0 aliphatic carbocycles. The molecule has 0 radical (unpaired) electrons. The lowest BCUT2D eigenvalue weighted by Crippen LogP contribution is -1.98. The van der Waals surface area contributed by atoms with Gasteiger partial charge in [-0.05, 0) is 11.1 Å². The van der Waals surface area contributed by atoms with Gasteiger partial charge in [0.1, 0.15) is 12.2 Å². The van der Waals surface area contributed by atoms with Crippen LogP contribution in [-0.2, 0) is 19.6 Å². The number of benzene rings is 1. The van der Waals surface area contributed by atoms with Crippen molar-refractivity contribution in [3.05, 3.63) is 35.4 Å². The van der Waals surface area contributed by atoms with Crippen LogP contribution in [0, 0.1) is 0 Å². The first-order valence-corrected chi connectivity index (χ1v) is 5.60. The van der Waals surface area contributed by atoms with Gasteiger partial charge in [-0.1, -0.05) is 24.3 Å². The monoisotopic (exact) mass is 222 g/mol. The molecule has 0 amide bonds.